The monoisotopic (exact) mass is 273 g/mol. The third kappa shape index (κ3) is 2.66. The van der Waals surface area contributed by atoms with Crippen molar-refractivity contribution in [3.05, 3.63) is 24.0 Å². The molecule has 0 amide bonds. The number of nitrogens with zero attached hydrogens (tertiary/aromatic N) is 2. The Bertz CT molecular complexity index is 438. The molecule has 1 aromatic heterocycles. The highest BCUT2D eigenvalue weighted by molar-refractivity contribution is 9.18. The number of hydrogen-bond donors (Lipinski definition) is 2. The first-order valence-electron chi connectivity index (χ1n) is 3.85. The second-order valence-corrected chi connectivity index (χ2v) is 3.44. The average Bonchev–Trinajstić information content (AvgIpc) is 2.46. The fourth-order valence-electron chi connectivity index (χ4n) is 0.932. The summed E-state index contributed by atoms with van der Waals surface area (Å²) >= 11 is 2.70. The van der Waals surface area contributed by atoms with Crippen LogP contribution in [0.1, 0.15) is 10.5 Å². The molecule has 2 N–H and O–H groups in total. The lowest BCUT2D eigenvalue weighted by atomic mass is 10.4. The Kier molecular flexibility index (Phi) is 3.25. The Morgan fingerprint density at radius 3 is 2.67 bits per heavy atom. The lowest BCUT2D eigenvalue weighted by molar-refractivity contribution is -0.107. The molecule has 0 aromatic carbocycles. The predicted octanol–water partition coefficient (Wildman–Crippen LogP) is 0.965. The molecule has 0 aliphatic heterocycles. The number of carbonyl (C=O) groups is 2. The van der Waals surface area contributed by atoms with Crippen LogP contribution in [0.4, 0.5) is 5.82 Å². The van der Waals surface area contributed by atoms with Crippen molar-refractivity contribution in [3.63, 3.8) is 0 Å². The van der Waals surface area contributed by atoms with Crippen molar-refractivity contribution in [1.29, 1.82) is 0 Å². The van der Waals surface area contributed by atoms with Crippen LogP contribution in [0.5, 0.6) is 0 Å². The predicted molar refractivity (Wildman–Crippen MR) is 56.9 cm³/mol. The zero-order chi connectivity index (χ0) is 11.6. The normalized spacial score (nSPS) is 9.73. The van der Waals surface area contributed by atoms with Gasteiger partial charge in [-0.1, -0.05) is 6.58 Å². The van der Waals surface area contributed by atoms with Crippen LogP contribution in [0.15, 0.2) is 18.3 Å². The van der Waals surface area contributed by atoms with Gasteiger partial charge >= 0.3 is 5.97 Å². The summed E-state index contributed by atoms with van der Waals surface area (Å²) in [6.07, 6.45) is 0. The number of carboxylic acid groups (broad SMARTS) is 1. The summed E-state index contributed by atoms with van der Waals surface area (Å²) in [5, 5.41) is 15.2. The van der Waals surface area contributed by atoms with Crippen molar-refractivity contribution >= 4 is 32.4 Å². The van der Waals surface area contributed by atoms with Gasteiger partial charge in [-0.15, -0.1) is 0 Å². The number of aryl methyl sites for hydroxylation is 1. The van der Waals surface area contributed by atoms with Gasteiger partial charge in [-0.05, 0) is 15.9 Å². The summed E-state index contributed by atoms with van der Waals surface area (Å²) in [5.74, 6) is -0.832. The minimum Gasteiger partial charge on any atom is -0.477 e. The number of anilines is 1. The molecule has 15 heavy (non-hydrogen) atoms. The number of carbonyl (C=O) groups excluding carboxylic acids is 1. The maximum atomic E-state index is 10.8. The van der Waals surface area contributed by atoms with Crippen LogP contribution in [-0.4, -0.2) is 25.5 Å². The van der Waals surface area contributed by atoms with E-state index in [4.69, 9.17) is 5.11 Å². The molecule has 0 fully saturated rings. The molecule has 0 saturated heterocycles. The molecule has 0 bridgehead atoms. The molecular weight excluding hydrogens is 266 g/mol. The zero-order valence-corrected chi connectivity index (χ0v) is 9.41. The summed E-state index contributed by atoms with van der Waals surface area (Å²) in [4.78, 5) is 21.4. The molecule has 0 aliphatic rings. The Hall–Kier alpha value is -1.63. The van der Waals surface area contributed by atoms with Gasteiger partial charge < -0.3 is 10.4 Å². The van der Waals surface area contributed by atoms with E-state index in [0.29, 0.717) is 0 Å². The number of rotatable bonds is 4. The molecule has 0 saturated carbocycles. The van der Waals surface area contributed by atoms with Crippen molar-refractivity contribution in [1.82, 2.24) is 9.78 Å². The Labute approximate surface area is 93.7 Å². The fourth-order valence-corrected chi connectivity index (χ4v) is 1.03. The third-order valence-corrected chi connectivity index (χ3v) is 2.09. The largest absolute Gasteiger partial charge is 0.477 e. The van der Waals surface area contributed by atoms with Gasteiger partial charge in [-0.25, -0.2) is 4.79 Å². The first kappa shape index (κ1) is 11.4. The second-order valence-electron chi connectivity index (χ2n) is 2.72. The molecule has 1 heterocycles. The second kappa shape index (κ2) is 4.26. The van der Waals surface area contributed by atoms with Crippen molar-refractivity contribution in [2.45, 2.75) is 0 Å². The number of aromatic carboxylic acids is 1. The number of carboxylic acids is 1. The van der Waals surface area contributed by atoms with Gasteiger partial charge in [0.2, 0.25) is 4.69 Å². The standard InChI is InChI=1S/C8H8BrN3O3/c1-4(7(9)13)10-6-3-5(8(14)15)12(2)11-6/h3H,1H2,2H3,(H,10,11)(H,14,15). The summed E-state index contributed by atoms with van der Waals surface area (Å²) < 4.78 is 0.779. The highest BCUT2D eigenvalue weighted by atomic mass is 79.9. The van der Waals surface area contributed by atoms with Gasteiger partial charge in [0.05, 0.1) is 5.70 Å². The van der Waals surface area contributed by atoms with E-state index in [-0.39, 0.29) is 17.2 Å². The maximum absolute atomic E-state index is 10.8. The Balaban J connectivity index is 2.89. The van der Waals surface area contributed by atoms with E-state index in [9.17, 15) is 9.59 Å². The summed E-state index contributed by atoms with van der Waals surface area (Å²) in [6, 6.07) is 1.31. The fraction of sp³-hybridized carbons (Fsp3) is 0.125. The topological polar surface area (TPSA) is 84.2 Å². The van der Waals surface area contributed by atoms with E-state index in [1.165, 1.54) is 17.8 Å². The molecule has 0 radical (unpaired) electrons. The number of halogens is 1. The van der Waals surface area contributed by atoms with E-state index in [2.05, 4.69) is 32.9 Å². The van der Waals surface area contributed by atoms with Gasteiger partial charge in [0.25, 0.3) is 0 Å². The average molecular weight is 274 g/mol. The molecule has 1 rings (SSSR count). The highest BCUT2D eigenvalue weighted by Gasteiger charge is 2.12. The number of allylic oxidation sites excluding steroid dienone is 1. The Morgan fingerprint density at radius 2 is 2.27 bits per heavy atom. The minimum absolute atomic E-state index is 0.0207. The molecular formula is C8H8BrN3O3. The van der Waals surface area contributed by atoms with Crippen molar-refractivity contribution in [2.24, 2.45) is 7.05 Å². The lowest BCUT2D eigenvalue weighted by Crippen LogP contribution is -2.05. The van der Waals surface area contributed by atoms with E-state index >= 15 is 0 Å². The molecule has 1 aromatic rings. The number of aromatic nitrogens is 2. The van der Waals surface area contributed by atoms with Gasteiger partial charge in [-0.3, -0.25) is 9.48 Å². The van der Waals surface area contributed by atoms with Gasteiger partial charge in [-0.2, -0.15) is 5.10 Å². The van der Waals surface area contributed by atoms with Gasteiger partial charge in [0.1, 0.15) is 5.69 Å². The molecule has 80 valence electrons. The third-order valence-electron chi connectivity index (χ3n) is 1.62. The smallest absolute Gasteiger partial charge is 0.354 e. The first-order valence-corrected chi connectivity index (χ1v) is 4.64. The van der Waals surface area contributed by atoms with E-state index in [1.54, 1.807) is 0 Å². The van der Waals surface area contributed by atoms with Crippen molar-refractivity contribution in [2.75, 3.05) is 5.32 Å². The highest BCUT2D eigenvalue weighted by Crippen LogP contribution is 2.11. The first-order chi connectivity index (χ1) is 6.91. The Morgan fingerprint density at radius 1 is 1.67 bits per heavy atom. The van der Waals surface area contributed by atoms with Crippen LogP contribution in [0, 0.1) is 0 Å². The van der Waals surface area contributed by atoms with Crippen LogP contribution in [0.3, 0.4) is 0 Å². The van der Waals surface area contributed by atoms with Crippen molar-refractivity contribution in [3.8, 4) is 0 Å². The summed E-state index contributed by atoms with van der Waals surface area (Å²) in [5.41, 5.74) is 0.109. The van der Waals surface area contributed by atoms with Crippen molar-refractivity contribution < 1.29 is 14.7 Å². The zero-order valence-electron chi connectivity index (χ0n) is 7.82. The summed E-state index contributed by atoms with van der Waals surface area (Å²) in [6.45, 7) is 3.43. The molecule has 6 nitrogen and oxygen atoms in total. The summed E-state index contributed by atoms with van der Waals surface area (Å²) in [7, 11) is 1.49. The van der Waals surface area contributed by atoms with Gasteiger partial charge in [0, 0.05) is 13.1 Å². The molecule has 0 spiro atoms. The van der Waals surface area contributed by atoms with Gasteiger partial charge in [0.15, 0.2) is 5.82 Å². The number of hydrogen-bond acceptors (Lipinski definition) is 4. The minimum atomic E-state index is -1.09. The van der Waals surface area contributed by atoms with Crippen LogP contribution in [-0.2, 0) is 11.8 Å². The number of nitrogens with one attached hydrogen (secondary N) is 1. The lowest BCUT2D eigenvalue weighted by Gasteiger charge is -1.99. The molecule has 0 unspecified atom stereocenters. The molecule has 7 heteroatoms. The van der Waals surface area contributed by atoms with Crippen LogP contribution < -0.4 is 5.32 Å². The quantitative estimate of drug-likeness (QED) is 0.631. The molecule has 0 aliphatic carbocycles. The van der Waals surface area contributed by atoms with Crippen LogP contribution >= 0.6 is 15.9 Å². The van der Waals surface area contributed by atoms with Crippen LogP contribution in [0.25, 0.3) is 0 Å². The van der Waals surface area contributed by atoms with E-state index in [0.717, 1.165) is 0 Å². The SMILES string of the molecule is C=C(Nc1cc(C(=O)O)n(C)n1)C(=O)Br. The van der Waals surface area contributed by atoms with E-state index in [1.807, 2.05) is 0 Å². The van der Waals surface area contributed by atoms with E-state index < -0.39 is 10.7 Å². The van der Waals surface area contributed by atoms with Crippen LogP contribution in [0.2, 0.25) is 0 Å². The maximum Gasteiger partial charge on any atom is 0.354 e. The molecule has 0 atom stereocenters.